The lowest BCUT2D eigenvalue weighted by Gasteiger charge is -2.51. The Morgan fingerprint density at radius 3 is 1.91 bits per heavy atom. The average molecular weight is 624 g/mol. The van der Waals surface area contributed by atoms with Crippen LogP contribution in [0.2, 0.25) is 0 Å². The summed E-state index contributed by atoms with van der Waals surface area (Å²) in [6.45, 7) is 7.51. The molecule has 0 radical (unpaired) electrons. The quantitative estimate of drug-likeness (QED) is 0.0815. The zero-order valence-corrected chi connectivity index (χ0v) is 26.6. The Bertz CT molecular complexity index is 2020. The van der Waals surface area contributed by atoms with Crippen LogP contribution in [0, 0.1) is 22.5 Å². The largest absolute Gasteiger partial charge is 0.426 e. The van der Waals surface area contributed by atoms with Gasteiger partial charge in [-0.15, -0.1) is 0 Å². The molecular weight excluding hydrogens is 590 g/mol. The zero-order chi connectivity index (χ0) is 33.1. The number of hydrogen-bond acceptors (Lipinski definition) is 6. The van der Waals surface area contributed by atoms with E-state index in [0.717, 1.165) is 44.5 Å². The van der Waals surface area contributed by atoms with Gasteiger partial charge in [-0.25, -0.2) is 4.79 Å². The Morgan fingerprint density at radius 1 is 0.766 bits per heavy atom. The maximum absolute atomic E-state index is 13.7. The van der Waals surface area contributed by atoms with Gasteiger partial charge in [-0.05, 0) is 86.2 Å². The van der Waals surface area contributed by atoms with E-state index in [2.05, 4.69) is 55.5 Å². The molecule has 0 heterocycles. The highest BCUT2D eigenvalue weighted by molar-refractivity contribution is 5.92. The maximum Gasteiger partial charge on any atom is 0.343 e. The van der Waals surface area contributed by atoms with Crippen molar-refractivity contribution >= 4 is 17.6 Å². The fourth-order valence-corrected chi connectivity index (χ4v) is 7.07. The Balaban J connectivity index is 1.50. The van der Waals surface area contributed by atoms with Crippen molar-refractivity contribution in [3.8, 4) is 11.5 Å². The third-order valence-corrected chi connectivity index (χ3v) is 9.27. The van der Waals surface area contributed by atoms with E-state index in [1.54, 1.807) is 12.1 Å². The molecule has 3 aliphatic carbocycles. The molecule has 0 unspecified atom stereocenters. The van der Waals surface area contributed by atoms with Crippen LogP contribution < -0.4 is 9.47 Å². The number of ether oxygens (including phenoxy) is 2. The van der Waals surface area contributed by atoms with Crippen LogP contribution in [0.3, 0.4) is 0 Å². The van der Waals surface area contributed by atoms with Crippen LogP contribution in [-0.2, 0) is 16.6 Å². The van der Waals surface area contributed by atoms with Gasteiger partial charge < -0.3 is 9.47 Å². The summed E-state index contributed by atoms with van der Waals surface area (Å²) in [5, 5.41) is 11.2. The number of esters is 2. The topological polar surface area (TPSA) is 95.7 Å². The van der Waals surface area contributed by atoms with E-state index >= 15 is 0 Å². The van der Waals surface area contributed by atoms with Gasteiger partial charge in [0.25, 0.3) is 5.69 Å². The second-order valence-electron chi connectivity index (χ2n) is 13.4. The molecule has 7 nitrogen and oxygen atoms in total. The first kappa shape index (κ1) is 30.1. The van der Waals surface area contributed by atoms with Crippen LogP contribution in [-0.4, -0.2) is 16.9 Å². The molecule has 0 amide bonds. The minimum Gasteiger partial charge on any atom is -0.426 e. The van der Waals surface area contributed by atoms with Crippen molar-refractivity contribution in [2.75, 3.05) is 0 Å². The molecule has 0 N–H and O–H groups in total. The van der Waals surface area contributed by atoms with Crippen molar-refractivity contribution in [2.45, 2.75) is 45.4 Å². The number of carbonyl (C=O) groups is 2. The number of aryl methyl sites for hydroxylation is 1. The van der Waals surface area contributed by atoms with Crippen LogP contribution in [0.15, 0.2) is 109 Å². The van der Waals surface area contributed by atoms with Crippen molar-refractivity contribution in [1.29, 1.82) is 0 Å². The van der Waals surface area contributed by atoms with Gasteiger partial charge in [-0.3, -0.25) is 14.9 Å². The highest BCUT2D eigenvalue weighted by Gasteiger charge is 2.54. The summed E-state index contributed by atoms with van der Waals surface area (Å²) in [6, 6.07) is 33.9. The fourth-order valence-electron chi connectivity index (χ4n) is 7.07. The number of carbonyl (C=O) groups excluding carboxylic acids is 2. The molecule has 47 heavy (non-hydrogen) atoms. The summed E-state index contributed by atoms with van der Waals surface area (Å²) in [4.78, 5) is 37.8. The van der Waals surface area contributed by atoms with Crippen LogP contribution in [0.5, 0.6) is 11.5 Å². The first-order chi connectivity index (χ1) is 22.5. The average Bonchev–Trinajstić information content (AvgIpc) is 3.06. The van der Waals surface area contributed by atoms with E-state index in [4.69, 9.17) is 9.47 Å². The standard InChI is InChI=1S/C40H33NO6/c1-24-13-15-25(16-14-24)23-40-30-11-7-5-9-28(30)34(29-10-6-8-12-31(29)40)35-32(47-38(43)39(2,3)4)21-22-33(36(35)40)46-37(42)26-17-19-27(20-18-26)41(44)45/h5-22,34H,23H2,1-4H3. The monoisotopic (exact) mass is 623 g/mol. The van der Waals surface area contributed by atoms with E-state index in [0.29, 0.717) is 17.9 Å². The van der Waals surface area contributed by atoms with Gasteiger partial charge in [0, 0.05) is 29.2 Å². The predicted octanol–water partition coefficient (Wildman–Crippen LogP) is 8.46. The van der Waals surface area contributed by atoms with Crippen LogP contribution in [0.1, 0.15) is 81.6 Å². The van der Waals surface area contributed by atoms with Crippen LogP contribution in [0.25, 0.3) is 0 Å². The first-order valence-electron chi connectivity index (χ1n) is 15.6. The van der Waals surface area contributed by atoms with Crippen molar-refractivity contribution in [2.24, 2.45) is 5.41 Å². The molecule has 8 rings (SSSR count). The summed E-state index contributed by atoms with van der Waals surface area (Å²) in [7, 11) is 0. The minimum absolute atomic E-state index is 0.119. The second-order valence-corrected chi connectivity index (χ2v) is 13.4. The van der Waals surface area contributed by atoms with Gasteiger partial charge in [-0.2, -0.15) is 0 Å². The number of benzene rings is 5. The number of rotatable bonds is 6. The molecule has 234 valence electrons. The maximum atomic E-state index is 13.7. The molecule has 0 fully saturated rings. The number of nitro groups is 1. The lowest BCUT2D eigenvalue weighted by Crippen LogP contribution is -2.44. The smallest absolute Gasteiger partial charge is 0.343 e. The Morgan fingerprint density at radius 2 is 1.34 bits per heavy atom. The third kappa shape index (κ3) is 4.90. The first-order valence-corrected chi connectivity index (χ1v) is 15.6. The lowest BCUT2D eigenvalue weighted by molar-refractivity contribution is -0.384. The van der Waals surface area contributed by atoms with Gasteiger partial charge >= 0.3 is 11.9 Å². The molecule has 0 spiro atoms. The van der Waals surface area contributed by atoms with E-state index in [1.807, 2.05) is 45.0 Å². The molecule has 2 bridgehead atoms. The Kier molecular flexibility index (Phi) is 7.08. The summed E-state index contributed by atoms with van der Waals surface area (Å²) < 4.78 is 12.4. The van der Waals surface area contributed by atoms with Crippen molar-refractivity contribution in [1.82, 2.24) is 0 Å². The molecule has 0 saturated carbocycles. The molecular formula is C40H33NO6. The van der Waals surface area contributed by atoms with Gasteiger partial charge in [0.2, 0.25) is 0 Å². The lowest BCUT2D eigenvalue weighted by atomic mass is 9.51. The van der Waals surface area contributed by atoms with Crippen molar-refractivity contribution in [3.05, 3.63) is 169 Å². The molecule has 5 aromatic carbocycles. The SMILES string of the molecule is Cc1ccc(CC23c4ccccc4C(c4ccccc42)c2c(OC(=O)C(C)(C)C)ccc(OC(=O)c4ccc([N+](=O)[O-])cc4)c23)cc1. The summed E-state index contributed by atoms with van der Waals surface area (Å²) in [5.41, 5.74) is 6.73. The number of hydrogen-bond donors (Lipinski definition) is 0. The van der Waals surface area contributed by atoms with Gasteiger partial charge in [0.15, 0.2) is 0 Å². The Labute approximate surface area is 273 Å². The molecule has 7 heteroatoms. The highest BCUT2D eigenvalue weighted by atomic mass is 16.6. The third-order valence-electron chi connectivity index (χ3n) is 9.27. The van der Waals surface area contributed by atoms with Gasteiger partial charge in [-0.1, -0.05) is 78.4 Å². The molecule has 0 saturated heterocycles. The van der Waals surface area contributed by atoms with E-state index in [9.17, 15) is 19.7 Å². The van der Waals surface area contributed by atoms with E-state index in [1.165, 1.54) is 24.3 Å². The molecule has 0 atom stereocenters. The normalized spacial score (nSPS) is 17.2. The van der Waals surface area contributed by atoms with Gasteiger partial charge in [0.05, 0.1) is 21.3 Å². The number of nitrogens with zero attached hydrogens (tertiary/aromatic N) is 1. The zero-order valence-electron chi connectivity index (χ0n) is 26.6. The number of non-ortho nitro benzene ring substituents is 1. The van der Waals surface area contributed by atoms with Crippen LogP contribution in [0.4, 0.5) is 5.69 Å². The molecule has 3 aliphatic rings. The van der Waals surface area contributed by atoms with E-state index < -0.39 is 21.7 Å². The fraction of sp³-hybridized carbons (Fsp3) is 0.200. The summed E-state index contributed by atoms with van der Waals surface area (Å²) >= 11 is 0. The van der Waals surface area contributed by atoms with E-state index in [-0.39, 0.29) is 23.1 Å². The predicted molar refractivity (Wildman–Crippen MR) is 178 cm³/mol. The molecule has 5 aromatic rings. The molecule has 0 aliphatic heterocycles. The van der Waals surface area contributed by atoms with Gasteiger partial charge in [0.1, 0.15) is 11.5 Å². The minimum atomic E-state index is -0.804. The molecule has 0 aromatic heterocycles. The highest BCUT2D eigenvalue weighted by Crippen LogP contribution is 2.64. The summed E-state index contributed by atoms with van der Waals surface area (Å²) in [6.07, 6.45) is 0.555. The Hall–Kier alpha value is -5.56. The van der Waals surface area contributed by atoms with Crippen LogP contribution >= 0.6 is 0 Å². The van der Waals surface area contributed by atoms with Crippen molar-refractivity contribution in [3.63, 3.8) is 0 Å². The summed E-state index contributed by atoms with van der Waals surface area (Å²) in [5.74, 6) is -0.517. The number of nitro benzene ring substituents is 1. The van der Waals surface area contributed by atoms with Crippen molar-refractivity contribution < 1.29 is 24.0 Å². The second kappa shape index (κ2) is 11.1.